The normalized spacial score (nSPS) is 38.0. The summed E-state index contributed by atoms with van der Waals surface area (Å²) in [6.07, 6.45) is 5.16. The Morgan fingerprint density at radius 2 is 1.82 bits per heavy atom. The fourth-order valence-corrected chi connectivity index (χ4v) is 6.12. The second kappa shape index (κ2) is 7.05. The Kier molecular flexibility index (Phi) is 5.23. The number of hydrogen-bond donors (Lipinski definition) is 1. The van der Waals surface area contributed by atoms with Crippen molar-refractivity contribution in [2.24, 2.45) is 0 Å². The summed E-state index contributed by atoms with van der Waals surface area (Å²) in [4.78, 5) is 14.7. The molecule has 3 saturated heterocycles. The van der Waals surface area contributed by atoms with E-state index in [0.717, 1.165) is 25.7 Å². The number of nitrogens with zero attached hydrogens (tertiary/aromatic N) is 1. The maximum Gasteiger partial charge on any atom is 0.223 e. The molecule has 0 bridgehead atoms. The molecule has 1 spiro atoms. The van der Waals surface area contributed by atoms with Crippen molar-refractivity contribution in [1.29, 1.82) is 0 Å². The first-order valence-electron chi connectivity index (χ1n) is 11.0. The van der Waals surface area contributed by atoms with Crippen molar-refractivity contribution < 1.29 is 23.8 Å². The number of aliphatic hydroxyl groups is 1. The molecule has 160 valence electrons. The lowest BCUT2D eigenvalue weighted by Gasteiger charge is -2.43. The molecule has 0 radical (unpaired) electrons. The number of hydrogen-bond acceptors (Lipinski definition) is 5. The third-order valence-corrected chi connectivity index (χ3v) is 12.3. The highest BCUT2D eigenvalue weighted by atomic mass is 28.4. The highest BCUT2D eigenvalue weighted by molar-refractivity contribution is 6.74. The first-order valence-corrected chi connectivity index (χ1v) is 13.9. The Labute approximate surface area is 170 Å². The zero-order valence-corrected chi connectivity index (χ0v) is 19.1. The fraction of sp³-hybridized carbons (Fsp3) is 0.952. The predicted octanol–water partition coefficient (Wildman–Crippen LogP) is 3.19. The standard InChI is InChI=1S/C21H37NO5Si/c1-20(2,3)28(4,5)25-13-14-18-19(17-15(23)9-10-16(24)22(14)17)27-21(26-18)11-7-6-8-12-21/h14-15,17-19,23H,6-13H2,1-5H3/t14-,15+,17+,18+,19-/m0/s1. The molecule has 3 heterocycles. The van der Waals surface area contributed by atoms with E-state index >= 15 is 0 Å². The van der Waals surface area contributed by atoms with Crippen LogP contribution in [0, 0.1) is 0 Å². The summed E-state index contributed by atoms with van der Waals surface area (Å²) in [6.45, 7) is 11.6. The van der Waals surface area contributed by atoms with Gasteiger partial charge in [-0.15, -0.1) is 0 Å². The lowest BCUT2D eigenvalue weighted by Crippen LogP contribution is -2.56. The lowest BCUT2D eigenvalue weighted by molar-refractivity contribution is -0.217. The second-order valence-corrected chi connectivity index (χ2v) is 15.5. The van der Waals surface area contributed by atoms with Crippen molar-refractivity contribution in [2.75, 3.05) is 6.61 Å². The van der Waals surface area contributed by atoms with E-state index in [0.29, 0.717) is 19.4 Å². The topological polar surface area (TPSA) is 68.2 Å². The van der Waals surface area contributed by atoms with Crippen LogP contribution in [0.4, 0.5) is 0 Å². The quantitative estimate of drug-likeness (QED) is 0.723. The van der Waals surface area contributed by atoms with Crippen LogP contribution in [0.25, 0.3) is 0 Å². The van der Waals surface area contributed by atoms with E-state index in [9.17, 15) is 9.90 Å². The van der Waals surface area contributed by atoms with Crippen molar-refractivity contribution in [3.05, 3.63) is 0 Å². The number of piperidine rings is 1. The van der Waals surface area contributed by atoms with E-state index in [2.05, 4.69) is 33.9 Å². The van der Waals surface area contributed by atoms with Gasteiger partial charge in [0.15, 0.2) is 14.1 Å². The molecule has 1 N–H and O–H groups in total. The molecule has 0 aromatic heterocycles. The Morgan fingerprint density at radius 3 is 2.46 bits per heavy atom. The number of carbonyl (C=O) groups excluding carboxylic acids is 1. The Bertz CT molecular complexity index is 612. The number of fused-ring (bicyclic) bond motifs is 3. The summed E-state index contributed by atoms with van der Waals surface area (Å²) in [5, 5.41) is 10.8. The van der Waals surface area contributed by atoms with Gasteiger partial charge in [-0.25, -0.2) is 0 Å². The van der Waals surface area contributed by atoms with E-state index in [1.165, 1.54) is 6.42 Å². The maximum absolute atomic E-state index is 12.8. The molecule has 1 saturated carbocycles. The molecule has 0 aromatic carbocycles. The number of ether oxygens (including phenoxy) is 2. The van der Waals surface area contributed by atoms with E-state index in [1.807, 2.05) is 4.90 Å². The van der Waals surface area contributed by atoms with Gasteiger partial charge in [-0.2, -0.15) is 0 Å². The smallest absolute Gasteiger partial charge is 0.223 e. The van der Waals surface area contributed by atoms with Crippen LogP contribution in [-0.4, -0.2) is 67.0 Å². The molecule has 4 fully saturated rings. The summed E-state index contributed by atoms with van der Waals surface area (Å²) in [5.41, 5.74) is 0. The van der Waals surface area contributed by atoms with E-state index in [4.69, 9.17) is 13.9 Å². The van der Waals surface area contributed by atoms with Crippen LogP contribution < -0.4 is 0 Å². The average Bonchev–Trinajstić information content (AvgIpc) is 3.09. The molecule has 1 amide bonds. The molecule has 0 unspecified atom stereocenters. The van der Waals surface area contributed by atoms with Gasteiger partial charge in [-0.05, 0) is 37.4 Å². The first kappa shape index (κ1) is 20.8. The van der Waals surface area contributed by atoms with Crippen molar-refractivity contribution >= 4 is 14.2 Å². The summed E-state index contributed by atoms with van der Waals surface area (Å²) in [7, 11) is -1.96. The predicted molar refractivity (Wildman–Crippen MR) is 108 cm³/mol. The van der Waals surface area contributed by atoms with Crippen molar-refractivity contribution in [2.45, 2.75) is 120 Å². The SMILES string of the molecule is CC(C)(C)[Si](C)(C)OC[C@H]1[C@H]2OC3(CCCCC3)O[C@H]2[C@H]2[C@H](O)CCC(=O)N21. The summed E-state index contributed by atoms with van der Waals surface area (Å²) in [5.74, 6) is -0.423. The van der Waals surface area contributed by atoms with E-state index < -0.39 is 20.2 Å². The van der Waals surface area contributed by atoms with Crippen LogP contribution in [-0.2, 0) is 18.7 Å². The Balaban J connectivity index is 1.59. The summed E-state index contributed by atoms with van der Waals surface area (Å²) in [6, 6.07) is -0.478. The van der Waals surface area contributed by atoms with Gasteiger partial charge < -0.3 is 23.9 Å². The molecule has 0 aromatic rings. The molecule has 28 heavy (non-hydrogen) atoms. The number of amides is 1. The minimum Gasteiger partial charge on any atom is -0.415 e. The van der Waals surface area contributed by atoms with E-state index in [-0.39, 0.29) is 35.2 Å². The molecule has 5 atom stereocenters. The molecule has 7 heteroatoms. The molecule has 1 aliphatic carbocycles. The zero-order valence-electron chi connectivity index (χ0n) is 18.1. The Morgan fingerprint density at radius 1 is 1.18 bits per heavy atom. The third-order valence-electron chi connectivity index (χ3n) is 7.79. The molecule has 3 aliphatic heterocycles. The van der Waals surface area contributed by atoms with Gasteiger partial charge in [0.05, 0.1) is 24.8 Å². The zero-order chi connectivity index (χ0) is 20.3. The van der Waals surface area contributed by atoms with Gasteiger partial charge >= 0.3 is 0 Å². The minimum absolute atomic E-state index is 0.0958. The van der Waals surface area contributed by atoms with Crippen LogP contribution in [0.15, 0.2) is 0 Å². The number of rotatable bonds is 3. The molecule has 6 nitrogen and oxygen atoms in total. The largest absolute Gasteiger partial charge is 0.415 e. The summed E-state index contributed by atoms with van der Waals surface area (Å²) < 4.78 is 19.6. The van der Waals surface area contributed by atoms with Gasteiger partial charge in [0, 0.05) is 19.3 Å². The van der Waals surface area contributed by atoms with E-state index in [1.54, 1.807) is 0 Å². The van der Waals surface area contributed by atoms with Crippen LogP contribution in [0.2, 0.25) is 18.1 Å². The molecule has 4 aliphatic rings. The average molecular weight is 412 g/mol. The monoisotopic (exact) mass is 411 g/mol. The van der Waals surface area contributed by atoms with Gasteiger partial charge in [0.25, 0.3) is 0 Å². The van der Waals surface area contributed by atoms with Crippen LogP contribution in [0.3, 0.4) is 0 Å². The van der Waals surface area contributed by atoms with Gasteiger partial charge in [0.1, 0.15) is 12.2 Å². The molecular weight excluding hydrogens is 374 g/mol. The second-order valence-electron chi connectivity index (χ2n) is 10.7. The minimum atomic E-state index is -1.96. The van der Waals surface area contributed by atoms with Crippen molar-refractivity contribution in [3.63, 3.8) is 0 Å². The third kappa shape index (κ3) is 3.37. The van der Waals surface area contributed by atoms with Crippen LogP contribution in [0.1, 0.15) is 65.7 Å². The highest BCUT2D eigenvalue weighted by Gasteiger charge is 2.64. The number of carbonyl (C=O) groups is 1. The first-order chi connectivity index (χ1) is 13.0. The van der Waals surface area contributed by atoms with Gasteiger partial charge in [-0.1, -0.05) is 27.2 Å². The van der Waals surface area contributed by atoms with Crippen LogP contribution >= 0.6 is 0 Å². The van der Waals surface area contributed by atoms with Crippen LogP contribution in [0.5, 0.6) is 0 Å². The van der Waals surface area contributed by atoms with Crippen molar-refractivity contribution in [3.8, 4) is 0 Å². The van der Waals surface area contributed by atoms with Gasteiger partial charge in [0.2, 0.25) is 5.91 Å². The van der Waals surface area contributed by atoms with Gasteiger partial charge in [-0.3, -0.25) is 4.79 Å². The summed E-state index contributed by atoms with van der Waals surface area (Å²) >= 11 is 0. The molecule has 4 rings (SSSR count). The fourth-order valence-electron chi connectivity index (χ4n) is 5.10. The lowest BCUT2D eigenvalue weighted by atomic mass is 9.94. The number of aliphatic hydroxyl groups excluding tert-OH is 1. The highest BCUT2D eigenvalue weighted by Crippen LogP contribution is 2.49. The van der Waals surface area contributed by atoms with Crippen molar-refractivity contribution in [1.82, 2.24) is 4.90 Å². The molecular formula is C21H37NO5Si. The Hall–Kier alpha value is -0.473. The maximum atomic E-state index is 12.8.